The number of hydrogen-bond donors (Lipinski definition) is 2. The van der Waals surface area contributed by atoms with Crippen molar-refractivity contribution in [2.75, 3.05) is 18.4 Å². The average molecular weight is 357 g/mol. The highest BCUT2D eigenvalue weighted by Gasteiger charge is 2.31. The highest BCUT2D eigenvalue weighted by Crippen LogP contribution is 2.24. The number of carbonyl (C=O) groups excluding carboxylic acids is 1. The van der Waals surface area contributed by atoms with Crippen molar-refractivity contribution in [1.82, 2.24) is 19.7 Å². The lowest BCUT2D eigenvalue weighted by molar-refractivity contribution is -0.143. The summed E-state index contributed by atoms with van der Waals surface area (Å²) in [4.78, 5) is 25.5. The molecule has 138 valence electrons. The van der Waals surface area contributed by atoms with Gasteiger partial charge in [-0.1, -0.05) is 19.1 Å². The largest absolute Gasteiger partial charge is 0.481 e. The van der Waals surface area contributed by atoms with Crippen molar-refractivity contribution in [3.05, 3.63) is 30.1 Å². The molecule has 2 atom stereocenters. The molecule has 1 aromatic heterocycles. The third kappa shape index (κ3) is 3.68. The van der Waals surface area contributed by atoms with E-state index in [1.807, 2.05) is 43.7 Å². The van der Waals surface area contributed by atoms with Crippen molar-refractivity contribution in [3.8, 4) is 11.4 Å². The summed E-state index contributed by atoms with van der Waals surface area (Å²) in [7, 11) is 1.89. The predicted molar refractivity (Wildman–Crippen MR) is 96.7 cm³/mol. The Bertz CT molecular complexity index is 832. The van der Waals surface area contributed by atoms with Crippen LogP contribution in [-0.4, -0.2) is 49.9 Å². The molecule has 0 aliphatic carbocycles. The van der Waals surface area contributed by atoms with E-state index in [0.717, 1.165) is 17.2 Å². The summed E-state index contributed by atoms with van der Waals surface area (Å²) >= 11 is 0. The number of rotatable bonds is 3. The summed E-state index contributed by atoms with van der Waals surface area (Å²) < 4.78 is 1.88. The Labute approximate surface area is 151 Å². The highest BCUT2D eigenvalue weighted by atomic mass is 16.4. The number of carbonyl (C=O) groups is 2. The Morgan fingerprint density at radius 1 is 1.27 bits per heavy atom. The molecule has 1 saturated heterocycles. The first-order valence-electron chi connectivity index (χ1n) is 8.60. The lowest BCUT2D eigenvalue weighted by Crippen LogP contribution is -2.47. The highest BCUT2D eigenvalue weighted by molar-refractivity contribution is 5.90. The van der Waals surface area contributed by atoms with Gasteiger partial charge in [0.05, 0.1) is 5.92 Å². The molecule has 26 heavy (non-hydrogen) atoms. The Kier molecular flexibility index (Phi) is 4.92. The number of aliphatic carboxylic acids is 1. The van der Waals surface area contributed by atoms with Crippen LogP contribution in [-0.2, 0) is 11.8 Å². The second kappa shape index (κ2) is 7.15. The fourth-order valence-corrected chi connectivity index (χ4v) is 3.29. The molecule has 0 spiro atoms. The smallest absolute Gasteiger partial charge is 0.321 e. The minimum absolute atomic E-state index is 0.156. The van der Waals surface area contributed by atoms with Gasteiger partial charge in [-0.2, -0.15) is 0 Å². The van der Waals surface area contributed by atoms with Gasteiger partial charge < -0.3 is 19.9 Å². The maximum Gasteiger partial charge on any atom is 0.321 e. The van der Waals surface area contributed by atoms with Gasteiger partial charge in [-0.05, 0) is 31.4 Å². The van der Waals surface area contributed by atoms with Gasteiger partial charge in [-0.15, -0.1) is 10.2 Å². The molecule has 0 radical (unpaired) electrons. The van der Waals surface area contributed by atoms with Crippen LogP contribution in [0.2, 0.25) is 0 Å². The van der Waals surface area contributed by atoms with E-state index >= 15 is 0 Å². The van der Waals surface area contributed by atoms with E-state index in [1.165, 1.54) is 0 Å². The zero-order valence-corrected chi connectivity index (χ0v) is 15.1. The molecule has 0 saturated carbocycles. The zero-order valence-electron chi connectivity index (χ0n) is 15.1. The number of amides is 2. The van der Waals surface area contributed by atoms with Crippen LogP contribution >= 0.6 is 0 Å². The SMILES string of the molecule is Cc1nnc(-c2cccc(NC(=O)N3CC(C)CC(C(=O)O)C3)c2)n1C. The number of aryl methyl sites for hydroxylation is 1. The van der Waals surface area contributed by atoms with E-state index in [0.29, 0.717) is 18.7 Å². The van der Waals surface area contributed by atoms with Crippen LogP contribution in [0.25, 0.3) is 11.4 Å². The quantitative estimate of drug-likeness (QED) is 0.878. The van der Waals surface area contributed by atoms with E-state index < -0.39 is 11.9 Å². The fraction of sp³-hybridized carbons (Fsp3) is 0.444. The second-order valence-electron chi connectivity index (χ2n) is 6.92. The van der Waals surface area contributed by atoms with Crippen molar-refractivity contribution in [2.45, 2.75) is 20.3 Å². The summed E-state index contributed by atoms with van der Waals surface area (Å²) in [5, 5.41) is 20.3. The van der Waals surface area contributed by atoms with Gasteiger partial charge in [0, 0.05) is 31.4 Å². The van der Waals surface area contributed by atoms with Gasteiger partial charge in [0.2, 0.25) is 0 Å². The normalized spacial score (nSPS) is 20.0. The number of nitrogens with one attached hydrogen (secondary N) is 1. The number of aromatic nitrogens is 3. The Morgan fingerprint density at radius 2 is 2.04 bits per heavy atom. The summed E-state index contributed by atoms with van der Waals surface area (Å²) in [6.45, 7) is 4.62. The minimum atomic E-state index is -0.853. The molecular weight excluding hydrogens is 334 g/mol. The van der Waals surface area contributed by atoms with Gasteiger partial charge in [-0.25, -0.2) is 4.79 Å². The number of urea groups is 1. The number of likely N-dealkylation sites (tertiary alicyclic amines) is 1. The van der Waals surface area contributed by atoms with Crippen LogP contribution < -0.4 is 5.32 Å². The number of carboxylic acids is 1. The van der Waals surface area contributed by atoms with Crippen molar-refractivity contribution in [3.63, 3.8) is 0 Å². The van der Waals surface area contributed by atoms with Gasteiger partial charge in [0.25, 0.3) is 0 Å². The zero-order chi connectivity index (χ0) is 18.8. The number of carboxylic acid groups (broad SMARTS) is 1. The van der Waals surface area contributed by atoms with Crippen molar-refractivity contribution >= 4 is 17.7 Å². The molecule has 2 unspecified atom stereocenters. The molecule has 1 aliphatic rings. The topological polar surface area (TPSA) is 100 Å². The van der Waals surface area contributed by atoms with Gasteiger partial charge in [0.15, 0.2) is 5.82 Å². The maximum absolute atomic E-state index is 12.6. The molecule has 2 aromatic rings. The van der Waals surface area contributed by atoms with E-state index in [2.05, 4.69) is 15.5 Å². The average Bonchev–Trinajstić information content (AvgIpc) is 2.93. The van der Waals surface area contributed by atoms with Crippen LogP contribution in [0.15, 0.2) is 24.3 Å². The summed E-state index contributed by atoms with van der Waals surface area (Å²) in [5.41, 5.74) is 1.49. The summed E-state index contributed by atoms with van der Waals surface area (Å²) in [6.07, 6.45) is 0.597. The van der Waals surface area contributed by atoms with Crippen LogP contribution in [0.4, 0.5) is 10.5 Å². The lowest BCUT2D eigenvalue weighted by atomic mass is 9.91. The molecule has 2 heterocycles. The van der Waals surface area contributed by atoms with Crippen LogP contribution in [0.5, 0.6) is 0 Å². The van der Waals surface area contributed by atoms with Gasteiger partial charge in [-0.3, -0.25) is 4.79 Å². The number of anilines is 1. The Hall–Kier alpha value is -2.90. The van der Waals surface area contributed by atoms with Crippen LogP contribution in [0, 0.1) is 18.8 Å². The van der Waals surface area contributed by atoms with Crippen molar-refractivity contribution in [1.29, 1.82) is 0 Å². The molecular formula is C18H23N5O3. The van der Waals surface area contributed by atoms with E-state index in [1.54, 1.807) is 11.0 Å². The first-order valence-corrected chi connectivity index (χ1v) is 8.60. The van der Waals surface area contributed by atoms with Gasteiger partial charge >= 0.3 is 12.0 Å². The molecule has 8 nitrogen and oxygen atoms in total. The number of piperidine rings is 1. The molecule has 0 bridgehead atoms. The third-order valence-electron chi connectivity index (χ3n) is 4.76. The third-order valence-corrected chi connectivity index (χ3v) is 4.76. The van der Waals surface area contributed by atoms with Crippen LogP contribution in [0.3, 0.4) is 0 Å². The second-order valence-corrected chi connectivity index (χ2v) is 6.92. The molecule has 1 aromatic carbocycles. The molecule has 1 aliphatic heterocycles. The monoisotopic (exact) mass is 357 g/mol. The van der Waals surface area contributed by atoms with Crippen molar-refractivity contribution in [2.24, 2.45) is 18.9 Å². The van der Waals surface area contributed by atoms with Crippen LogP contribution in [0.1, 0.15) is 19.2 Å². The predicted octanol–water partition coefficient (Wildman–Crippen LogP) is 2.37. The summed E-state index contributed by atoms with van der Waals surface area (Å²) in [5.74, 6) is 0.308. The standard InChI is InChI=1S/C18H23N5O3/c1-11-7-14(17(24)25)10-23(9-11)18(26)19-15-6-4-5-13(8-15)16-21-20-12(2)22(16)3/h4-6,8,11,14H,7,9-10H2,1-3H3,(H,19,26)(H,24,25). The maximum atomic E-state index is 12.6. The number of hydrogen-bond acceptors (Lipinski definition) is 4. The van der Waals surface area contributed by atoms with E-state index in [-0.39, 0.29) is 18.5 Å². The Morgan fingerprint density at radius 3 is 2.69 bits per heavy atom. The molecule has 1 fully saturated rings. The van der Waals surface area contributed by atoms with Gasteiger partial charge in [0.1, 0.15) is 5.82 Å². The van der Waals surface area contributed by atoms with E-state index in [9.17, 15) is 14.7 Å². The Balaban J connectivity index is 1.74. The molecule has 2 amide bonds. The summed E-state index contributed by atoms with van der Waals surface area (Å²) in [6, 6.07) is 7.10. The molecule has 3 rings (SSSR count). The fourth-order valence-electron chi connectivity index (χ4n) is 3.29. The number of nitrogens with zero attached hydrogens (tertiary/aromatic N) is 4. The van der Waals surface area contributed by atoms with E-state index in [4.69, 9.17) is 0 Å². The lowest BCUT2D eigenvalue weighted by Gasteiger charge is -2.34. The molecule has 8 heteroatoms. The van der Waals surface area contributed by atoms with Crippen molar-refractivity contribution < 1.29 is 14.7 Å². The first-order chi connectivity index (χ1) is 12.3. The molecule has 2 N–H and O–H groups in total. The number of benzene rings is 1. The first kappa shape index (κ1) is 17.9. The minimum Gasteiger partial charge on any atom is -0.481 e.